The number of hydrogen-bond acceptors (Lipinski definition) is 3. The first kappa shape index (κ1) is 12.8. The lowest BCUT2D eigenvalue weighted by atomic mass is 9.90. The van der Waals surface area contributed by atoms with E-state index in [4.69, 9.17) is 5.73 Å². The van der Waals surface area contributed by atoms with Gasteiger partial charge in [-0.25, -0.2) is 0 Å². The fourth-order valence-corrected chi connectivity index (χ4v) is 3.28. The van der Waals surface area contributed by atoms with Gasteiger partial charge in [0.15, 0.2) is 0 Å². The maximum Gasteiger partial charge on any atom is 0.239 e. The van der Waals surface area contributed by atoms with Crippen molar-refractivity contribution in [2.45, 2.75) is 57.2 Å². The number of hydrogen-bond donors (Lipinski definition) is 1. The molecule has 1 aliphatic carbocycles. The highest BCUT2D eigenvalue weighted by molar-refractivity contribution is 5.83. The van der Waals surface area contributed by atoms with E-state index in [1.54, 1.807) is 0 Å². The van der Waals surface area contributed by atoms with Crippen molar-refractivity contribution in [2.24, 2.45) is 5.73 Å². The van der Waals surface area contributed by atoms with Gasteiger partial charge in [0.2, 0.25) is 5.91 Å². The van der Waals surface area contributed by atoms with Gasteiger partial charge in [0.05, 0.1) is 6.04 Å². The van der Waals surface area contributed by atoms with Gasteiger partial charge in [-0.15, -0.1) is 0 Å². The Morgan fingerprint density at radius 2 is 1.94 bits per heavy atom. The third-order valence-electron chi connectivity index (χ3n) is 4.38. The van der Waals surface area contributed by atoms with Crippen LogP contribution in [0.25, 0.3) is 0 Å². The number of rotatable bonds is 3. The van der Waals surface area contributed by atoms with Gasteiger partial charge in [-0.2, -0.15) is 0 Å². The zero-order chi connectivity index (χ0) is 12.4. The van der Waals surface area contributed by atoms with E-state index in [2.05, 4.69) is 11.8 Å². The highest BCUT2D eigenvalue weighted by atomic mass is 16.2. The van der Waals surface area contributed by atoms with E-state index in [-0.39, 0.29) is 6.04 Å². The Morgan fingerprint density at radius 3 is 2.41 bits per heavy atom. The summed E-state index contributed by atoms with van der Waals surface area (Å²) < 4.78 is 0. The Kier molecular flexibility index (Phi) is 4.05. The number of carbonyl (C=O) groups excluding carboxylic acids is 1. The van der Waals surface area contributed by atoms with Crippen LogP contribution in [0.2, 0.25) is 0 Å². The molecule has 1 saturated carbocycles. The van der Waals surface area contributed by atoms with Crippen LogP contribution >= 0.6 is 0 Å². The van der Waals surface area contributed by atoms with Crippen LogP contribution in [0.4, 0.5) is 0 Å². The molecule has 1 amide bonds. The van der Waals surface area contributed by atoms with Crippen LogP contribution in [-0.2, 0) is 4.79 Å². The van der Waals surface area contributed by atoms with Crippen molar-refractivity contribution in [1.29, 1.82) is 0 Å². The summed E-state index contributed by atoms with van der Waals surface area (Å²) in [5.74, 6) is 0.307. The normalized spacial score (nSPS) is 34.7. The van der Waals surface area contributed by atoms with E-state index in [0.717, 1.165) is 45.2 Å². The van der Waals surface area contributed by atoms with E-state index in [1.807, 2.05) is 11.9 Å². The van der Waals surface area contributed by atoms with Gasteiger partial charge in [-0.3, -0.25) is 9.69 Å². The average Bonchev–Trinajstić information content (AvgIpc) is 2.65. The highest BCUT2D eigenvalue weighted by Gasteiger charge is 2.37. The quantitative estimate of drug-likeness (QED) is 0.793. The van der Waals surface area contributed by atoms with E-state index in [0.29, 0.717) is 18.0 Å². The van der Waals surface area contributed by atoms with Crippen molar-refractivity contribution in [3.63, 3.8) is 0 Å². The topological polar surface area (TPSA) is 49.6 Å². The third kappa shape index (κ3) is 2.63. The predicted molar refractivity (Wildman–Crippen MR) is 68.7 cm³/mol. The molecular weight excluding hydrogens is 214 g/mol. The zero-order valence-corrected chi connectivity index (χ0v) is 11.1. The summed E-state index contributed by atoms with van der Waals surface area (Å²) in [6.45, 7) is 4.05. The molecule has 0 bridgehead atoms. The minimum atomic E-state index is 0.129. The molecule has 1 heterocycles. The molecule has 17 heavy (non-hydrogen) atoms. The minimum Gasteiger partial charge on any atom is -0.344 e. The average molecular weight is 239 g/mol. The molecule has 1 unspecified atom stereocenters. The molecule has 2 N–H and O–H groups in total. The Morgan fingerprint density at radius 1 is 1.29 bits per heavy atom. The number of carbonyl (C=O) groups is 1. The van der Waals surface area contributed by atoms with Crippen molar-refractivity contribution in [3.05, 3.63) is 0 Å². The number of amides is 1. The monoisotopic (exact) mass is 239 g/mol. The van der Waals surface area contributed by atoms with Crippen LogP contribution in [0.5, 0.6) is 0 Å². The van der Waals surface area contributed by atoms with E-state index in [9.17, 15) is 4.79 Å². The summed E-state index contributed by atoms with van der Waals surface area (Å²) in [5, 5.41) is 0. The summed E-state index contributed by atoms with van der Waals surface area (Å²) in [5.41, 5.74) is 5.95. The number of likely N-dealkylation sites (N-methyl/N-ethyl adjacent to an activating group) is 2. The molecule has 2 rings (SSSR count). The van der Waals surface area contributed by atoms with Crippen molar-refractivity contribution >= 4 is 5.91 Å². The number of nitrogens with zero attached hydrogens (tertiary/aromatic N) is 2. The maximum absolute atomic E-state index is 12.1. The number of nitrogens with two attached hydrogens (primary N) is 1. The van der Waals surface area contributed by atoms with Gasteiger partial charge in [0.1, 0.15) is 0 Å². The SMILES string of the molecule is CCN(C1CCC(N)CC1)C1CCN(C)C1=O. The van der Waals surface area contributed by atoms with Crippen LogP contribution in [0.15, 0.2) is 0 Å². The van der Waals surface area contributed by atoms with Crippen LogP contribution < -0.4 is 5.73 Å². The lowest BCUT2D eigenvalue weighted by Gasteiger charge is -2.38. The van der Waals surface area contributed by atoms with Gasteiger partial charge in [0, 0.05) is 25.7 Å². The highest BCUT2D eigenvalue weighted by Crippen LogP contribution is 2.26. The Bertz CT molecular complexity index is 274. The lowest BCUT2D eigenvalue weighted by Crippen LogP contribution is -2.49. The van der Waals surface area contributed by atoms with Crippen LogP contribution in [0.3, 0.4) is 0 Å². The zero-order valence-electron chi connectivity index (χ0n) is 11.1. The van der Waals surface area contributed by atoms with Crippen LogP contribution in [0.1, 0.15) is 39.0 Å². The summed E-state index contributed by atoms with van der Waals surface area (Å²) in [4.78, 5) is 16.3. The Balaban J connectivity index is 1.99. The molecule has 2 aliphatic rings. The molecule has 0 aromatic carbocycles. The molecule has 1 atom stereocenters. The largest absolute Gasteiger partial charge is 0.344 e. The van der Waals surface area contributed by atoms with Crippen LogP contribution in [-0.4, -0.2) is 54.0 Å². The van der Waals surface area contributed by atoms with Crippen molar-refractivity contribution in [3.8, 4) is 0 Å². The molecule has 98 valence electrons. The first-order valence-electron chi connectivity index (χ1n) is 6.89. The fourth-order valence-electron chi connectivity index (χ4n) is 3.28. The fraction of sp³-hybridized carbons (Fsp3) is 0.923. The lowest BCUT2D eigenvalue weighted by molar-refractivity contribution is -0.132. The van der Waals surface area contributed by atoms with Crippen molar-refractivity contribution in [2.75, 3.05) is 20.1 Å². The molecular formula is C13H25N3O. The second-order valence-electron chi connectivity index (χ2n) is 5.46. The maximum atomic E-state index is 12.1. The molecule has 1 aliphatic heterocycles. The molecule has 2 fully saturated rings. The summed E-state index contributed by atoms with van der Waals surface area (Å²) in [6.07, 6.45) is 5.52. The smallest absolute Gasteiger partial charge is 0.239 e. The first-order valence-corrected chi connectivity index (χ1v) is 6.89. The van der Waals surface area contributed by atoms with Gasteiger partial charge >= 0.3 is 0 Å². The third-order valence-corrected chi connectivity index (χ3v) is 4.38. The summed E-state index contributed by atoms with van der Waals surface area (Å²) in [7, 11) is 1.91. The van der Waals surface area contributed by atoms with Crippen molar-refractivity contribution < 1.29 is 4.79 Å². The minimum absolute atomic E-state index is 0.129. The van der Waals surface area contributed by atoms with Gasteiger partial charge in [-0.1, -0.05) is 6.92 Å². The van der Waals surface area contributed by atoms with Gasteiger partial charge in [0.25, 0.3) is 0 Å². The predicted octanol–water partition coefficient (Wildman–Crippen LogP) is 0.809. The molecule has 0 aromatic heterocycles. The van der Waals surface area contributed by atoms with Gasteiger partial charge in [-0.05, 0) is 38.6 Å². The van der Waals surface area contributed by atoms with E-state index >= 15 is 0 Å². The van der Waals surface area contributed by atoms with Crippen LogP contribution in [0, 0.1) is 0 Å². The summed E-state index contributed by atoms with van der Waals surface area (Å²) >= 11 is 0. The second kappa shape index (κ2) is 5.36. The molecule has 1 saturated heterocycles. The first-order chi connectivity index (χ1) is 8.13. The summed E-state index contributed by atoms with van der Waals surface area (Å²) in [6, 6.07) is 1.08. The van der Waals surface area contributed by atoms with E-state index in [1.165, 1.54) is 0 Å². The number of likely N-dealkylation sites (tertiary alicyclic amines) is 1. The van der Waals surface area contributed by atoms with Crippen molar-refractivity contribution in [1.82, 2.24) is 9.80 Å². The second-order valence-corrected chi connectivity index (χ2v) is 5.46. The standard InChI is InChI=1S/C13H25N3O/c1-3-16(11-6-4-10(14)5-7-11)12-8-9-15(2)13(12)17/h10-12H,3-9,14H2,1-2H3. The molecule has 0 radical (unpaired) electrons. The Labute approximate surface area is 104 Å². The van der Waals surface area contributed by atoms with Gasteiger partial charge < -0.3 is 10.6 Å². The molecule has 4 heteroatoms. The molecule has 4 nitrogen and oxygen atoms in total. The molecule has 0 aromatic rings. The van der Waals surface area contributed by atoms with E-state index < -0.39 is 0 Å². The Hall–Kier alpha value is -0.610. The molecule has 0 spiro atoms.